The van der Waals surface area contributed by atoms with Crippen molar-refractivity contribution in [3.05, 3.63) is 6.61 Å². The smallest absolute Gasteiger partial charge is 0.309 e. The van der Waals surface area contributed by atoms with E-state index in [0.29, 0.717) is 19.3 Å². The van der Waals surface area contributed by atoms with E-state index < -0.39 is 57.8 Å². The van der Waals surface area contributed by atoms with Gasteiger partial charge in [0.1, 0.15) is 16.2 Å². The van der Waals surface area contributed by atoms with Crippen molar-refractivity contribution in [3.63, 3.8) is 0 Å². The Kier molecular flexibility index (Phi) is 6.64. The van der Waals surface area contributed by atoms with Crippen molar-refractivity contribution < 1.29 is 45.6 Å². The molecule has 0 aromatic heterocycles. The molecule has 0 radical (unpaired) electrons. The van der Waals surface area contributed by atoms with Gasteiger partial charge in [0.2, 0.25) is 5.91 Å². The fraction of sp³-hybridized carbons (Fsp3) is 0.810. The van der Waals surface area contributed by atoms with E-state index in [0.717, 1.165) is 19.3 Å². The van der Waals surface area contributed by atoms with E-state index in [2.05, 4.69) is 4.74 Å². The van der Waals surface area contributed by atoms with Crippen LogP contribution in [-0.2, 0) is 34.0 Å². The topological polar surface area (TPSA) is 130 Å². The van der Waals surface area contributed by atoms with Crippen LogP contribution in [0.3, 0.4) is 0 Å². The van der Waals surface area contributed by atoms with Gasteiger partial charge in [-0.25, -0.2) is 17.2 Å². The Morgan fingerprint density at radius 1 is 1.15 bits per heavy atom. The number of likely N-dealkylation sites (tertiary alicyclic amines) is 1. The van der Waals surface area contributed by atoms with Crippen molar-refractivity contribution in [1.82, 2.24) is 4.90 Å². The molecule has 188 valence electrons. The van der Waals surface area contributed by atoms with Gasteiger partial charge in [-0.15, -0.1) is 0 Å². The molecule has 4 rings (SSSR count). The van der Waals surface area contributed by atoms with E-state index in [1.807, 2.05) is 0 Å². The zero-order chi connectivity index (χ0) is 24.3. The van der Waals surface area contributed by atoms with Gasteiger partial charge in [-0.3, -0.25) is 14.4 Å². The molecule has 4 fully saturated rings. The van der Waals surface area contributed by atoms with Gasteiger partial charge in [0.15, 0.2) is 0 Å². The number of nitrogens with zero attached hydrogens (tertiary/aromatic N) is 1. The standard InChI is InChI=1S/C21H28F2NO8S.Rf/c1-10(2)24-16-12-8-13(17(16)32-19(26)11-6-4-3-5-7-11)15(14(12)18(24)25)20(27)31-9-21(22,23)33(28,29)30;/h9-17H,3-8H2,1-2H3,(H,28,29,30);/q-1;/p-1. The van der Waals surface area contributed by atoms with Crippen LogP contribution in [0, 0.1) is 36.2 Å². The maximum absolute atomic E-state index is 13.5. The predicted molar refractivity (Wildman–Crippen MR) is 106 cm³/mol. The summed E-state index contributed by atoms with van der Waals surface area (Å²) < 4.78 is 69.3. The maximum Gasteiger partial charge on any atom is 0.309 e. The second-order valence-corrected chi connectivity index (χ2v) is 11.2. The molecule has 0 N–H and O–H groups in total. The summed E-state index contributed by atoms with van der Waals surface area (Å²) in [6.45, 7) is 3.01. The van der Waals surface area contributed by atoms with Gasteiger partial charge in [0.25, 0.3) is 11.2 Å². The van der Waals surface area contributed by atoms with Crippen LogP contribution < -0.4 is 0 Å². The van der Waals surface area contributed by atoms with E-state index in [1.54, 1.807) is 18.7 Å². The van der Waals surface area contributed by atoms with Gasteiger partial charge in [-0.05, 0) is 39.0 Å². The molecule has 6 atom stereocenters. The molecule has 0 aromatic carbocycles. The molecule has 1 saturated heterocycles. The van der Waals surface area contributed by atoms with Crippen molar-refractivity contribution in [2.24, 2.45) is 29.6 Å². The number of hydrogen-bond acceptors (Lipinski definition) is 8. The number of rotatable bonds is 7. The number of halogens is 2. The number of amides is 1. The van der Waals surface area contributed by atoms with Crippen molar-refractivity contribution in [1.29, 1.82) is 0 Å². The summed E-state index contributed by atoms with van der Waals surface area (Å²) in [5.41, 5.74) is 0. The predicted octanol–water partition coefficient (Wildman–Crippen LogP) is 1.82. The first-order chi connectivity index (χ1) is 15.3. The fourth-order valence-corrected chi connectivity index (χ4v) is 6.42. The largest absolute Gasteiger partial charge is 0.746 e. The molecule has 1 amide bonds. The van der Waals surface area contributed by atoms with Gasteiger partial charge >= 0.3 is 5.97 Å². The summed E-state index contributed by atoms with van der Waals surface area (Å²) in [5.74, 6) is -5.14. The normalized spacial score (nSPS) is 33.2. The van der Waals surface area contributed by atoms with Gasteiger partial charge in [0, 0.05) is 12.0 Å². The number of esters is 2. The number of carbonyl (C=O) groups is 3. The SMILES string of the molecule is CC(C)N1C(=O)C2C3CC(C(OC(=O)C4CCCCC4)C31)C2C(=O)O[CH-]C(F)(F)S(=O)(=O)[O-].[Rf]. The third kappa shape index (κ3) is 3.99. The zero-order valence-electron chi connectivity index (χ0n) is 19.0. The third-order valence-corrected chi connectivity index (χ3v) is 8.34. The number of fused-ring (bicyclic) bond motifs is 1. The average Bonchev–Trinajstić information content (AvgIpc) is 3.34. The van der Waals surface area contributed by atoms with Crippen molar-refractivity contribution in [2.45, 2.75) is 75.8 Å². The van der Waals surface area contributed by atoms with Crippen LogP contribution in [0.4, 0.5) is 8.78 Å². The van der Waals surface area contributed by atoms with Gasteiger partial charge in [-0.2, -0.15) is 0 Å². The minimum Gasteiger partial charge on any atom is -0.746 e. The van der Waals surface area contributed by atoms with E-state index in [9.17, 15) is 36.1 Å². The molecule has 1 aliphatic heterocycles. The van der Waals surface area contributed by atoms with Crippen molar-refractivity contribution in [3.8, 4) is 0 Å². The molecule has 3 aliphatic carbocycles. The molecular weight excluding hydrogens is 731 g/mol. The van der Waals surface area contributed by atoms with E-state index in [-0.39, 0.29) is 29.8 Å². The first-order valence-corrected chi connectivity index (χ1v) is 12.7. The first-order valence-electron chi connectivity index (χ1n) is 11.3. The average molecular weight is 759 g/mol. The van der Waals surface area contributed by atoms with Gasteiger partial charge in [0.05, 0.1) is 23.8 Å². The maximum atomic E-state index is 13.5. The van der Waals surface area contributed by atoms with Crippen LogP contribution in [0.5, 0.6) is 0 Å². The molecule has 3 saturated carbocycles. The van der Waals surface area contributed by atoms with E-state index >= 15 is 0 Å². The third-order valence-electron chi connectivity index (χ3n) is 7.58. The quantitative estimate of drug-likeness (QED) is 0.219. The van der Waals surface area contributed by atoms with Crippen LogP contribution in [0.25, 0.3) is 0 Å². The molecule has 1 heterocycles. The molecule has 6 unspecified atom stereocenters. The van der Waals surface area contributed by atoms with Crippen molar-refractivity contribution >= 4 is 28.0 Å². The Hall–Kier alpha value is -2.82. The summed E-state index contributed by atoms with van der Waals surface area (Å²) in [6.07, 6.45) is 3.89. The Morgan fingerprint density at radius 3 is 2.32 bits per heavy atom. The Bertz CT molecular complexity index is 939. The summed E-state index contributed by atoms with van der Waals surface area (Å²) in [5, 5.41) is -4.90. The number of hydrogen-bond donors (Lipinski definition) is 0. The summed E-state index contributed by atoms with van der Waals surface area (Å²) >= 11 is 0. The number of ether oxygens (including phenoxy) is 2. The molecule has 4 aliphatic rings. The molecule has 0 spiro atoms. The second kappa shape index (κ2) is 8.75. The molecular formula is C21H27F2NO8RfS-2. The van der Waals surface area contributed by atoms with Crippen LogP contribution in [0.15, 0.2) is 0 Å². The molecule has 0 aromatic rings. The summed E-state index contributed by atoms with van der Waals surface area (Å²) in [7, 11) is -6.07. The first kappa shape index (κ1) is 25.8. The van der Waals surface area contributed by atoms with Crippen LogP contribution in [-0.4, -0.2) is 59.2 Å². The fourth-order valence-electron chi connectivity index (χ4n) is 6.26. The Balaban J connectivity index is 0.00000324. The number of alkyl halides is 2. The Labute approximate surface area is 190 Å². The van der Waals surface area contributed by atoms with Crippen LogP contribution >= 0.6 is 0 Å². The van der Waals surface area contributed by atoms with Crippen LogP contribution in [0.1, 0.15) is 52.4 Å². The molecule has 2 bridgehead atoms. The monoisotopic (exact) mass is 758 g/mol. The molecule has 9 nitrogen and oxygen atoms in total. The minimum atomic E-state index is -6.07. The molecule has 34 heavy (non-hydrogen) atoms. The number of carbonyl (C=O) groups excluding carboxylic acids is 3. The van der Waals surface area contributed by atoms with Crippen molar-refractivity contribution in [2.75, 3.05) is 0 Å². The van der Waals surface area contributed by atoms with E-state index in [1.165, 1.54) is 0 Å². The van der Waals surface area contributed by atoms with Crippen LogP contribution in [0.2, 0.25) is 0 Å². The second-order valence-electron chi connectivity index (χ2n) is 9.75. The zero-order valence-corrected chi connectivity index (χ0v) is 26.2. The van der Waals surface area contributed by atoms with E-state index in [4.69, 9.17) is 4.74 Å². The van der Waals surface area contributed by atoms with Gasteiger partial charge < -0.3 is 18.9 Å². The minimum absolute atomic E-state index is 0. The molecule has 13 heteroatoms. The summed E-state index contributed by atoms with van der Waals surface area (Å²) in [6, 6.07) is -0.641. The Morgan fingerprint density at radius 2 is 1.76 bits per heavy atom. The summed E-state index contributed by atoms with van der Waals surface area (Å²) in [4.78, 5) is 40.4. The van der Waals surface area contributed by atoms with Gasteiger partial charge in [-0.1, -0.05) is 25.9 Å².